The van der Waals surface area contributed by atoms with Crippen molar-refractivity contribution in [3.05, 3.63) is 52.0 Å². The minimum Gasteiger partial charge on any atom is -0.356 e. The van der Waals surface area contributed by atoms with E-state index in [1.807, 2.05) is 12.3 Å². The number of aliphatic imine (C=N–C) groups is 1. The molecule has 0 aliphatic rings. The van der Waals surface area contributed by atoms with Crippen molar-refractivity contribution in [1.29, 1.82) is 0 Å². The van der Waals surface area contributed by atoms with Gasteiger partial charge in [-0.2, -0.15) is 0 Å². The Balaban J connectivity index is 0.00000288. The third-order valence-electron chi connectivity index (χ3n) is 3.75. The standard InChI is InChI=1S/C18H26N4S.HI/c1-4-16-13-21-17(23-16)10-11-20-18(19-3)22-12-14(2)15-8-6-5-7-9-15;/h5-9,13-14H,4,10-12H2,1-3H3,(H2,19,20,22);1H. The molecule has 1 atom stereocenters. The van der Waals surface area contributed by atoms with Crippen molar-refractivity contribution in [1.82, 2.24) is 15.6 Å². The minimum atomic E-state index is 0. The van der Waals surface area contributed by atoms with Crippen LogP contribution in [0.3, 0.4) is 0 Å². The summed E-state index contributed by atoms with van der Waals surface area (Å²) in [6, 6.07) is 10.5. The van der Waals surface area contributed by atoms with Gasteiger partial charge in [0.05, 0.1) is 5.01 Å². The fourth-order valence-electron chi connectivity index (χ4n) is 2.28. The van der Waals surface area contributed by atoms with Crippen molar-refractivity contribution in [3.8, 4) is 0 Å². The highest BCUT2D eigenvalue weighted by atomic mass is 127. The summed E-state index contributed by atoms with van der Waals surface area (Å²) >= 11 is 1.80. The third-order valence-corrected chi connectivity index (χ3v) is 4.95. The molecule has 0 aliphatic carbocycles. The van der Waals surface area contributed by atoms with E-state index >= 15 is 0 Å². The molecular formula is C18H27IN4S. The first kappa shape index (κ1) is 20.9. The van der Waals surface area contributed by atoms with Gasteiger partial charge in [0, 0.05) is 37.6 Å². The highest BCUT2D eigenvalue weighted by Gasteiger charge is 2.06. The molecule has 6 heteroatoms. The normalized spacial score (nSPS) is 12.4. The molecule has 4 nitrogen and oxygen atoms in total. The second-order valence-electron chi connectivity index (χ2n) is 5.52. The number of benzene rings is 1. The summed E-state index contributed by atoms with van der Waals surface area (Å²) in [6.45, 7) is 6.09. The van der Waals surface area contributed by atoms with E-state index in [9.17, 15) is 0 Å². The van der Waals surface area contributed by atoms with Gasteiger partial charge in [-0.25, -0.2) is 4.98 Å². The van der Waals surface area contributed by atoms with Gasteiger partial charge in [-0.15, -0.1) is 35.3 Å². The summed E-state index contributed by atoms with van der Waals surface area (Å²) in [7, 11) is 1.81. The van der Waals surface area contributed by atoms with Crippen LogP contribution < -0.4 is 10.6 Å². The number of thiazole rings is 1. The maximum absolute atomic E-state index is 4.44. The molecule has 1 aromatic carbocycles. The van der Waals surface area contributed by atoms with Gasteiger partial charge in [-0.1, -0.05) is 44.2 Å². The number of halogens is 1. The molecule has 0 fully saturated rings. The van der Waals surface area contributed by atoms with E-state index in [2.05, 4.69) is 58.7 Å². The van der Waals surface area contributed by atoms with Gasteiger partial charge in [0.1, 0.15) is 0 Å². The topological polar surface area (TPSA) is 49.3 Å². The molecule has 2 N–H and O–H groups in total. The number of hydrogen-bond donors (Lipinski definition) is 2. The largest absolute Gasteiger partial charge is 0.356 e. The van der Waals surface area contributed by atoms with Crippen LogP contribution in [0.5, 0.6) is 0 Å². The summed E-state index contributed by atoms with van der Waals surface area (Å²) in [5.74, 6) is 1.29. The molecule has 24 heavy (non-hydrogen) atoms. The number of hydrogen-bond acceptors (Lipinski definition) is 3. The molecule has 0 radical (unpaired) electrons. The average Bonchev–Trinajstić information content (AvgIpc) is 3.06. The van der Waals surface area contributed by atoms with E-state index in [1.54, 1.807) is 18.4 Å². The molecule has 0 saturated carbocycles. The van der Waals surface area contributed by atoms with Gasteiger partial charge in [-0.3, -0.25) is 4.99 Å². The lowest BCUT2D eigenvalue weighted by atomic mass is 10.0. The van der Waals surface area contributed by atoms with E-state index in [0.29, 0.717) is 5.92 Å². The molecule has 1 unspecified atom stereocenters. The van der Waals surface area contributed by atoms with Crippen molar-refractivity contribution in [3.63, 3.8) is 0 Å². The molecule has 0 bridgehead atoms. The van der Waals surface area contributed by atoms with E-state index in [0.717, 1.165) is 31.9 Å². The van der Waals surface area contributed by atoms with Crippen molar-refractivity contribution < 1.29 is 0 Å². The molecule has 0 amide bonds. The number of aryl methyl sites for hydroxylation is 1. The lowest BCUT2D eigenvalue weighted by Gasteiger charge is -2.16. The number of nitrogens with zero attached hydrogens (tertiary/aromatic N) is 2. The third kappa shape index (κ3) is 6.76. The quantitative estimate of drug-likeness (QED) is 0.377. The van der Waals surface area contributed by atoms with Crippen LogP contribution in [0.4, 0.5) is 0 Å². The van der Waals surface area contributed by atoms with Crippen LogP contribution in [0.15, 0.2) is 41.5 Å². The van der Waals surface area contributed by atoms with E-state index in [4.69, 9.17) is 0 Å². The van der Waals surface area contributed by atoms with Crippen LogP contribution in [0.1, 0.15) is 35.2 Å². The van der Waals surface area contributed by atoms with Crippen LogP contribution in [0.25, 0.3) is 0 Å². The van der Waals surface area contributed by atoms with E-state index in [1.165, 1.54) is 15.4 Å². The zero-order valence-corrected chi connectivity index (χ0v) is 17.7. The first-order valence-electron chi connectivity index (χ1n) is 8.16. The number of guanidine groups is 1. The summed E-state index contributed by atoms with van der Waals surface area (Å²) in [4.78, 5) is 10.1. The Bertz CT molecular complexity index is 612. The van der Waals surface area contributed by atoms with Gasteiger partial charge in [0.25, 0.3) is 0 Å². The lowest BCUT2D eigenvalue weighted by molar-refractivity contribution is 0.697. The van der Waals surface area contributed by atoms with Crippen molar-refractivity contribution >= 4 is 41.3 Å². The monoisotopic (exact) mass is 458 g/mol. The van der Waals surface area contributed by atoms with Crippen LogP contribution >= 0.6 is 35.3 Å². The number of rotatable bonds is 7. The second kappa shape index (κ2) is 11.4. The number of nitrogens with one attached hydrogen (secondary N) is 2. The van der Waals surface area contributed by atoms with Crippen LogP contribution in [0, 0.1) is 0 Å². The summed E-state index contributed by atoms with van der Waals surface area (Å²) in [6.07, 6.45) is 3.97. The first-order valence-corrected chi connectivity index (χ1v) is 8.97. The van der Waals surface area contributed by atoms with Crippen molar-refractivity contribution in [2.45, 2.75) is 32.6 Å². The van der Waals surface area contributed by atoms with Gasteiger partial charge in [-0.05, 0) is 17.9 Å². The fourth-order valence-corrected chi connectivity index (χ4v) is 3.15. The molecule has 2 aromatic rings. The molecule has 0 spiro atoms. The van der Waals surface area contributed by atoms with Crippen LogP contribution in [-0.4, -0.2) is 31.1 Å². The Kier molecular flexibility index (Phi) is 9.94. The predicted molar refractivity (Wildman–Crippen MR) is 115 cm³/mol. The Morgan fingerprint density at radius 2 is 2.00 bits per heavy atom. The molecule has 2 rings (SSSR count). The molecular weight excluding hydrogens is 431 g/mol. The maximum Gasteiger partial charge on any atom is 0.191 e. The minimum absolute atomic E-state index is 0. The molecule has 1 aromatic heterocycles. The van der Waals surface area contributed by atoms with Gasteiger partial charge < -0.3 is 10.6 Å². The van der Waals surface area contributed by atoms with E-state index < -0.39 is 0 Å². The smallest absolute Gasteiger partial charge is 0.191 e. The molecule has 0 saturated heterocycles. The molecule has 0 aliphatic heterocycles. The Hall–Kier alpha value is -1.15. The van der Waals surface area contributed by atoms with Gasteiger partial charge in [0.2, 0.25) is 0 Å². The Morgan fingerprint density at radius 1 is 1.25 bits per heavy atom. The Labute approximate surface area is 166 Å². The fraction of sp³-hybridized carbons (Fsp3) is 0.444. The zero-order valence-electron chi connectivity index (χ0n) is 14.6. The SMILES string of the molecule is CCc1cnc(CCNC(=NC)NCC(C)c2ccccc2)s1.I. The number of aromatic nitrogens is 1. The highest BCUT2D eigenvalue weighted by Crippen LogP contribution is 2.14. The van der Waals surface area contributed by atoms with Gasteiger partial charge >= 0.3 is 0 Å². The van der Waals surface area contributed by atoms with Crippen molar-refractivity contribution in [2.24, 2.45) is 4.99 Å². The second-order valence-corrected chi connectivity index (χ2v) is 6.72. The maximum atomic E-state index is 4.44. The molecule has 132 valence electrons. The van der Waals surface area contributed by atoms with E-state index in [-0.39, 0.29) is 24.0 Å². The van der Waals surface area contributed by atoms with Crippen molar-refractivity contribution in [2.75, 3.05) is 20.1 Å². The summed E-state index contributed by atoms with van der Waals surface area (Å²) in [5.41, 5.74) is 1.34. The zero-order chi connectivity index (χ0) is 16.5. The van der Waals surface area contributed by atoms with Crippen LogP contribution in [-0.2, 0) is 12.8 Å². The Morgan fingerprint density at radius 3 is 2.62 bits per heavy atom. The molecule has 1 heterocycles. The average molecular weight is 458 g/mol. The predicted octanol–water partition coefficient (Wildman–Crippen LogP) is 3.83. The summed E-state index contributed by atoms with van der Waals surface area (Å²) in [5, 5.41) is 7.93. The highest BCUT2D eigenvalue weighted by molar-refractivity contribution is 14.0. The van der Waals surface area contributed by atoms with Gasteiger partial charge in [0.15, 0.2) is 5.96 Å². The van der Waals surface area contributed by atoms with Crippen LogP contribution in [0.2, 0.25) is 0 Å². The summed E-state index contributed by atoms with van der Waals surface area (Å²) < 4.78 is 0. The first-order chi connectivity index (χ1) is 11.2. The lowest BCUT2D eigenvalue weighted by Crippen LogP contribution is -2.39.